The van der Waals surface area contributed by atoms with Crippen LogP contribution in [0.2, 0.25) is 25.7 Å². The van der Waals surface area contributed by atoms with Crippen LogP contribution in [0.15, 0.2) is 36.4 Å². The number of carbonyl (C=O) groups excluding carboxylic acids is 1. The number of esters is 1. The van der Waals surface area contributed by atoms with Crippen molar-refractivity contribution in [2.24, 2.45) is 0 Å². The molecule has 0 radical (unpaired) electrons. The van der Waals surface area contributed by atoms with E-state index >= 15 is 0 Å². The Morgan fingerprint density at radius 1 is 1.00 bits per heavy atom. The van der Waals surface area contributed by atoms with Crippen molar-refractivity contribution in [3.63, 3.8) is 0 Å². The van der Waals surface area contributed by atoms with Crippen LogP contribution >= 0.6 is 0 Å². The Bertz CT molecular complexity index is 1410. The summed E-state index contributed by atoms with van der Waals surface area (Å²) in [6.07, 6.45) is 0.772. The summed E-state index contributed by atoms with van der Waals surface area (Å²) in [5.41, 5.74) is 6.56. The molecular weight excluding hydrogens is 521 g/mol. The number of aromatic nitrogens is 3. The van der Waals surface area contributed by atoms with E-state index in [0.29, 0.717) is 12.3 Å². The number of carbonyl (C=O) groups is 1. The van der Waals surface area contributed by atoms with Crippen LogP contribution in [0.3, 0.4) is 0 Å². The topological polar surface area (TPSA) is 84.7 Å². The second-order valence-electron chi connectivity index (χ2n) is 12.9. The van der Waals surface area contributed by atoms with Gasteiger partial charge in [-0.05, 0) is 80.9 Å². The highest BCUT2D eigenvalue weighted by molar-refractivity contribution is 6.76. The molecule has 0 saturated carbocycles. The molecule has 212 valence electrons. The van der Waals surface area contributed by atoms with Gasteiger partial charge in [-0.15, -0.1) is 5.10 Å². The Morgan fingerprint density at radius 3 is 2.30 bits per heavy atom. The second-order valence-corrected chi connectivity index (χ2v) is 18.5. The summed E-state index contributed by atoms with van der Waals surface area (Å²) in [7, 11) is -1.61. The zero-order valence-electron chi connectivity index (χ0n) is 25.0. The van der Waals surface area contributed by atoms with Gasteiger partial charge in [0.05, 0.1) is 17.8 Å². The molecule has 0 bridgehead atoms. The van der Waals surface area contributed by atoms with Gasteiger partial charge in [0.1, 0.15) is 5.69 Å². The maximum Gasteiger partial charge on any atom is 0.494 e. The molecule has 1 fully saturated rings. The van der Waals surface area contributed by atoms with Gasteiger partial charge in [-0.1, -0.05) is 50.0 Å². The van der Waals surface area contributed by atoms with Crippen LogP contribution in [0.5, 0.6) is 0 Å². The highest BCUT2D eigenvalue weighted by atomic mass is 28.3. The van der Waals surface area contributed by atoms with E-state index in [1.807, 2.05) is 6.07 Å². The van der Waals surface area contributed by atoms with E-state index in [1.165, 1.54) is 27.1 Å². The third-order valence-electron chi connectivity index (χ3n) is 8.03. The van der Waals surface area contributed by atoms with Gasteiger partial charge in [0.15, 0.2) is 12.4 Å². The van der Waals surface area contributed by atoms with Crippen molar-refractivity contribution in [2.75, 3.05) is 13.2 Å². The minimum absolute atomic E-state index is 0.189. The van der Waals surface area contributed by atoms with Crippen LogP contribution in [0, 0.1) is 0 Å². The molecule has 2 heterocycles. The average molecular weight is 562 g/mol. The molecule has 2 aromatic carbocycles. The van der Waals surface area contributed by atoms with Crippen molar-refractivity contribution >= 4 is 26.6 Å². The van der Waals surface area contributed by atoms with E-state index in [9.17, 15) is 4.79 Å². The van der Waals surface area contributed by atoms with Gasteiger partial charge in [0.25, 0.3) is 0 Å². The van der Waals surface area contributed by atoms with Gasteiger partial charge in [-0.25, -0.2) is 4.79 Å². The minimum atomic E-state index is -1.21. The van der Waals surface area contributed by atoms with Crippen molar-refractivity contribution in [3.8, 4) is 22.4 Å². The molecule has 2 aliphatic rings. The molecule has 10 heteroatoms. The summed E-state index contributed by atoms with van der Waals surface area (Å²) < 4.78 is 23.7. The predicted molar refractivity (Wildman–Crippen MR) is 159 cm³/mol. The van der Waals surface area contributed by atoms with Crippen LogP contribution in [0.25, 0.3) is 22.4 Å². The molecule has 0 spiro atoms. The van der Waals surface area contributed by atoms with Crippen molar-refractivity contribution in [1.29, 1.82) is 0 Å². The van der Waals surface area contributed by atoms with Crippen LogP contribution in [-0.2, 0) is 31.9 Å². The minimum Gasteiger partial charge on any atom is -0.461 e. The monoisotopic (exact) mass is 561 g/mol. The first-order chi connectivity index (χ1) is 18.8. The fraction of sp³-hybridized carbons (Fsp3) is 0.500. The summed E-state index contributed by atoms with van der Waals surface area (Å²) in [5, 5.41) is 9.08. The fourth-order valence-electron chi connectivity index (χ4n) is 4.97. The van der Waals surface area contributed by atoms with Gasteiger partial charge >= 0.3 is 13.1 Å². The molecule has 3 aromatic rings. The zero-order valence-corrected chi connectivity index (χ0v) is 26.0. The fourth-order valence-corrected chi connectivity index (χ4v) is 5.72. The molecule has 5 rings (SSSR count). The maximum absolute atomic E-state index is 12.8. The highest BCUT2D eigenvalue weighted by Crippen LogP contribution is 2.40. The van der Waals surface area contributed by atoms with Crippen LogP contribution in [0.1, 0.15) is 56.2 Å². The Kier molecular flexibility index (Phi) is 7.58. The van der Waals surface area contributed by atoms with Crippen LogP contribution in [0.4, 0.5) is 0 Å². The number of hydrogen-bond acceptors (Lipinski definition) is 7. The molecule has 8 nitrogen and oxygen atoms in total. The van der Waals surface area contributed by atoms with Gasteiger partial charge < -0.3 is 18.8 Å². The van der Waals surface area contributed by atoms with E-state index < -0.39 is 21.2 Å². The number of hydrogen-bond donors (Lipinski definition) is 0. The smallest absolute Gasteiger partial charge is 0.461 e. The van der Waals surface area contributed by atoms with Gasteiger partial charge in [0.2, 0.25) is 0 Å². The standard InChI is InChI=1S/C30H40BN3O5Si/c1-9-37-28(35)27-26(32-34(33-27)19-36-14-15-40(6,7)8)20-10-12-24-21(16-20)17-22-18-23(11-13-25(22)24)31-38-29(2,3)30(4,5)39-31/h10-13,16,18H,9,14-15,17,19H2,1-8H3. The number of fused-ring (bicyclic) bond motifs is 3. The predicted octanol–water partition coefficient (Wildman–Crippen LogP) is 5.30. The second kappa shape index (κ2) is 10.6. The molecule has 0 amide bonds. The quantitative estimate of drug-likeness (QED) is 0.156. The van der Waals surface area contributed by atoms with Gasteiger partial charge in [-0.2, -0.15) is 9.90 Å². The van der Waals surface area contributed by atoms with Crippen LogP contribution in [-0.4, -0.2) is 60.6 Å². The van der Waals surface area contributed by atoms with Gasteiger partial charge in [0, 0.05) is 20.2 Å². The third kappa shape index (κ3) is 5.68. The van der Waals surface area contributed by atoms with Gasteiger partial charge in [-0.3, -0.25) is 0 Å². The Morgan fingerprint density at radius 2 is 1.65 bits per heavy atom. The number of ether oxygens (including phenoxy) is 2. The number of benzene rings is 2. The average Bonchev–Trinajstić information content (AvgIpc) is 3.52. The van der Waals surface area contributed by atoms with Crippen molar-refractivity contribution in [2.45, 2.75) is 84.7 Å². The molecule has 0 unspecified atom stereocenters. The summed E-state index contributed by atoms with van der Waals surface area (Å²) in [5.74, 6) is -0.485. The lowest BCUT2D eigenvalue weighted by atomic mass is 9.78. The van der Waals surface area contributed by atoms with Crippen molar-refractivity contribution in [1.82, 2.24) is 15.0 Å². The summed E-state index contributed by atoms with van der Waals surface area (Å²) in [4.78, 5) is 14.2. The molecule has 1 aromatic heterocycles. The van der Waals surface area contributed by atoms with E-state index in [0.717, 1.165) is 23.5 Å². The SMILES string of the molecule is CCOC(=O)c1nn(COCC[Si](C)(C)C)nc1-c1ccc2c(c1)Cc1cc(B3OC(C)(C)C(C)(C)O3)ccc1-2. The Balaban J connectivity index is 1.38. The van der Waals surface area contributed by atoms with E-state index in [2.05, 4.69) is 87.9 Å². The first-order valence-electron chi connectivity index (χ1n) is 14.1. The first-order valence-corrected chi connectivity index (χ1v) is 17.8. The lowest BCUT2D eigenvalue weighted by molar-refractivity contribution is 0.00578. The first kappa shape index (κ1) is 28.7. The summed E-state index contributed by atoms with van der Waals surface area (Å²) >= 11 is 0. The normalized spacial score (nSPS) is 17.1. The molecule has 40 heavy (non-hydrogen) atoms. The van der Waals surface area contributed by atoms with E-state index in [1.54, 1.807) is 6.92 Å². The highest BCUT2D eigenvalue weighted by Gasteiger charge is 2.51. The van der Waals surface area contributed by atoms with E-state index in [-0.39, 0.29) is 30.2 Å². The number of nitrogens with zero attached hydrogens (tertiary/aromatic N) is 3. The van der Waals surface area contributed by atoms with Crippen LogP contribution < -0.4 is 5.46 Å². The lowest BCUT2D eigenvalue weighted by Crippen LogP contribution is -2.41. The molecule has 1 aliphatic heterocycles. The molecule has 1 saturated heterocycles. The maximum atomic E-state index is 12.8. The summed E-state index contributed by atoms with van der Waals surface area (Å²) in [6, 6.07) is 13.7. The molecule has 0 N–H and O–H groups in total. The van der Waals surface area contributed by atoms with E-state index in [4.69, 9.17) is 18.8 Å². The zero-order chi connectivity index (χ0) is 28.9. The number of rotatable bonds is 9. The molecule has 0 atom stereocenters. The van der Waals surface area contributed by atoms with Crippen molar-refractivity contribution < 1.29 is 23.6 Å². The van der Waals surface area contributed by atoms with Crippen molar-refractivity contribution in [3.05, 3.63) is 53.2 Å². The summed E-state index contributed by atoms with van der Waals surface area (Å²) in [6.45, 7) is 18.1. The Labute approximate surface area is 238 Å². The molecular formula is C30H40BN3O5Si. The Hall–Kier alpha value is -2.79. The largest absolute Gasteiger partial charge is 0.494 e. The third-order valence-corrected chi connectivity index (χ3v) is 9.74. The molecule has 1 aliphatic carbocycles. The lowest BCUT2D eigenvalue weighted by Gasteiger charge is -2.32.